The predicted octanol–water partition coefficient (Wildman–Crippen LogP) is 4.83. The molecule has 3 aromatic rings. The molecule has 0 aliphatic heterocycles. The van der Waals surface area contributed by atoms with E-state index in [1.165, 1.54) is 5.56 Å². The fraction of sp³-hybridized carbons (Fsp3) is 0.238. The summed E-state index contributed by atoms with van der Waals surface area (Å²) in [5.41, 5.74) is 3.82. The van der Waals surface area contributed by atoms with E-state index < -0.39 is 0 Å². The van der Waals surface area contributed by atoms with Gasteiger partial charge in [-0.15, -0.1) is 11.3 Å². The van der Waals surface area contributed by atoms with Gasteiger partial charge >= 0.3 is 0 Å². The zero-order valence-electron chi connectivity index (χ0n) is 15.2. The molecular weight excluding hydrogens is 344 g/mol. The summed E-state index contributed by atoms with van der Waals surface area (Å²) in [6, 6.07) is 15.2. The molecule has 5 heteroatoms. The lowest BCUT2D eigenvalue weighted by atomic mass is 10.0. The van der Waals surface area contributed by atoms with Gasteiger partial charge in [-0.3, -0.25) is 4.79 Å². The van der Waals surface area contributed by atoms with Crippen LogP contribution in [0.5, 0.6) is 5.75 Å². The number of hydrogen-bond donors (Lipinski definition) is 1. The summed E-state index contributed by atoms with van der Waals surface area (Å²) in [6.07, 6.45) is 0. The van der Waals surface area contributed by atoms with Gasteiger partial charge in [-0.25, -0.2) is 4.98 Å². The SMILES string of the molecule is Cc1nc(COc2ccc(C(=O)NC(C)c3ccccc3C)cc2)cs1. The Morgan fingerprint density at radius 2 is 1.88 bits per heavy atom. The molecule has 1 atom stereocenters. The van der Waals surface area contributed by atoms with Crippen molar-refractivity contribution in [2.45, 2.75) is 33.4 Å². The maximum Gasteiger partial charge on any atom is 0.251 e. The Morgan fingerprint density at radius 1 is 1.15 bits per heavy atom. The molecule has 0 aliphatic rings. The second-order valence-corrected chi connectivity index (χ2v) is 7.28. The van der Waals surface area contributed by atoms with Crippen LogP contribution < -0.4 is 10.1 Å². The Morgan fingerprint density at radius 3 is 2.54 bits per heavy atom. The number of rotatable bonds is 6. The van der Waals surface area contributed by atoms with E-state index >= 15 is 0 Å². The maximum absolute atomic E-state index is 12.5. The third-order valence-electron chi connectivity index (χ3n) is 4.17. The topological polar surface area (TPSA) is 51.2 Å². The predicted molar refractivity (Wildman–Crippen MR) is 105 cm³/mol. The number of thiazole rings is 1. The van der Waals surface area contributed by atoms with Gasteiger partial charge < -0.3 is 10.1 Å². The zero-order chi connectivity index (χ0) is 18.5. The van der Waals surface area contributed by atoms with Crippen molar-refractivity contribution >= 4 is 17.2 Å². The van der Waals surface area contributed by atoms with Gasteiger partial charge in [0.1, 0.15) is 12.4 Å². The van der Waals surface area contributed by atoms with Crippen LogP contribution in [0.4, 0.5) is 0 Å². The van der Waals surface area contributed by atoms with E-state index in [9.17, 15) is 4.79 Å². The minimum absolute atomic E-state index is 0.0486. The Hall–Kier alpha value is -2.66. The van der Waals surface area contributed by atoms with Crippen molar-refractivity contribution in [1.29, 1.82) is 0 Å². The molecule has 0 aliphatic carbocycles. The average Bonchev–Trinajstić information content (AvgIpc) is 3.06. The highest BCUT2D eigenvalue weighted by Crippen LogP contribution is 2.19. The number of hydrogen-bond acceptors (Lipinski definition) is 4. The van der Waals surface area contributed by atoms with Crippen molar-refractivity contribution in [3.8, 4) is 5.75 Å². The second-order valence-electron chi connectivity index (χ2n) is 6.22. The summed E-state index contributed by atoms with van der Waals surface area (Å²) < 4.78 is 5.72. The Balaban J connectivity index is 1.59. The maximum atomic E-state index is 12.5. The molecule has 0 saturated heterocycles. The number of carbonyl (C=O) groups excluding carboxylic acids is 1. The van der Waals surface area contributed by atoms with Crippen LogP contribution >= 0.6 is 11.3 Å². The molecule has 3 rings (SSSR count). The molecule has 26 heavy (non-hydrogen) atoms. The Bertz CT molecular complexity index is 887. The van der Waals surface area contributed by atoms with Crippen LogP contribution in [0.2, 0.25) is 0 Å². The second kappa shape index (κ2) is 8.15. The molecule has 1 heterocycles. The van der Waals surface area contributed by atoms with Crippen LogP contribution in [0.15, 0.2) is 53.9 Å². The van der Waals surface area contributed by atoms with Crippen molar-refractivity contribution in [3.63, 3.8) is 0 Å². The molecule has 2 aromatic carbocycles. The molecule has 1 amide bonds. The van der Waals surface area contributed by atoms with Gasteiger partial charge in [-0.1, -0.05) is 24.3 Å². The van der Waals surface area contributed by atoms with Gasteiger partial charge in [0.05, 0.1) is 16.7 Å². The van der Waals surface area contributed by atoms with E-state index in [1.54, 1.807) is 23.5 Å². The molecule has 0 spiro atoms. The minimum Gasteiger partial charge on any atom is -0.487 e. The summed E-state index contributed by atoms with van der Waals surface area (Å²) in [7, 11) is 0. The van der Waals surface area contributed by atoms with Gasteiger partial charge in [-0.05, 0) is 56.2 Å². The van der Waals surface area contributed by atoms with Crippen molar-refractivity contribution < 1.29 is 9.53 Å². The quantitative estimate of drug-likeness (QED) is 0.680. The third-order valence-corrected chi connectivity index (χ3v) is 4.99. The van der Waals surface area contributed by atoms with E-state index in [-0.39, 0.29) is 11.9 Å². The lowest BCUT2D eigenvalue weighted by Crippen LogP contribution is -2.27. The molecule has 1 unspecified atom stereocenters. The van der Waals surface area contributed by atoms with Gasteiger partial charge in [0, 0.05) is 10.9 Å². The lowest BCUT2D eigenvalue weighted by molar-refractivity contribution is 0.0940. The van der Waals surface area contributed by atoms with E-state index in [1.807, 2.05) is 62.5 Å². The summed E-state index contributed by atoms with van der Waals surface area (Å²) in [5, 5.41) is 6.06. The van der Waals surface area contributed by atoms with E-state index in [0.717, 1.165) is 22.0 Å². The number of benzene rings is 2. The largest absolute Gasteiger partial charge is 0.487 e. The molecule has 4 nitrogen and oxygen atoms in total. The molecule has 0 fully saturated rings. The molecule has 134 valence electrons. The van der Waals surface area contributed by atoms with Crippen molar-refractivity contribution in [2.24, 2.45) is 0 Å². The van der Waals surface area contributed by atoms with Gasteiger partial charge in [-0.2, -0.15) is 0 Å². The number of aryl methyl sites for hydroxylation is 2. The molecule has 1 aromatic heterocycles. The fourth-order valence-electron chi connectivity index (χ4n) is 2.76. The van der Waals surface area contributed by atoms with E-state index in [0.29, 0.717) is 12.2 Å². The van der Waals surface area contributed by atoms with Crippen molar-refractivity contribution in [2.75, 3.05) is 0 Å². The number of carbonyl (C=O) groups is 1. The number of aromatic nitrogens is 1. The van der Waals surface area contributed by atoms with Crippen molar-refractivity contribution in [3.05, 3.63) is 81.3 Å². The molecular formula is C21H22N2O2S. The van der Waals surface area contributed by atoms with Crippen LogP contribution in [-0.4, -0.2) is 10.9 Å². The third kappa shape index (κ3) is 4.49. The summed E-state index contributed by atoms with van der Waals surface area (Å²) in [6.45, 7) is 6.45. The average molecular weight is 366 g/mol. The van der Waals surface area contributed by atoms with Gasteiger partial charge in [0.15, 0.2) is 0 Å². The summed E-state index contributed by atoms with van der Waals surface area (Å²) >= 11 is 1.61. The zero-order valence-corrected chi connectivity index (χ0v) is 16.0. The lowest BCUT2D eigenvalue weighted by Gasteiger charge is -2.16. The number of nitrogens with one attached hydrogen (secondary N) is 1. The minimum atomic E-state index is -0.0950. The molecule has 0 bridgehead atoms. The van der Waals surface area contributed by atoms with Gasteiger partial charge in [0.2, 0.25) is 0 Å². The van der Waals surface area contributed by atoms with Crippen LogP contribution in [0.1, 0.15) is 45.2 Å². The first-order chi connectivity index (χ1) is 12.5. The summed E-state index contributed by atoms with van der Waals surface area (Å²) in [5.74, 6) is 0.626. The van der Waals surface area contributed by atoms with Crippen LogP contribution in [0, 0.1) is 13.8 Å². The van der Waals surface area contributed by atoms with Gasteiger partial charge in [0.25, 0.3) is 5.91 Å². The summed E-state index contributed by atoms with van der Waals surface area (Å²) in [4.78, 5) is 16.8. The van der Waals surface area contributed by atoms with Crippen LogP contribution in [0.25, 0.3) is 0 Å². The Labute approximate surface area is 157 Å². The number of nitrogens with zero attached hydrogens (tertiary/aromatic N) is 1. The first-order valence-corrected chi connectivity index (χ1v) is 9.41. The standard InChI is InChI=1S/C21H22N2O2S/c1-14-6-4-5-7-20(14)15(2)22-21(24)17-8-10-19(11-9-17)25-12-18-13-26-16(3)23-18/h4-11,13,15H,12H2,1-3H3,(H,22,24). The number of amides is 1. The highest BCUT2D eigenvalue weighted by Gasteiger charge is 2.13. The fourth-order valence-corrected chi connectivity index (χ4v) is 3.36. The molecule has 1 N–H and O–H groups in total. The van der Waals surface area contributed by atoms with E-state index in [4.69, 9.17) is 4.74 Å². The van der Waals surface area contributed by atoms with E-state index in [2.05, 4.69) is 10.3 Å². The number of ether oxygens (including phenoxy) is 1. The van der Waals surface area contributed by atoms with Crippen LogP contribution in [0.3, 0.4) is 0 Å². The monoisotopic (exact) mass is 366 g/mol. The Kier molecular flexibility index (Phi) is 5.68. The van der Waals surface area contributed by atoms with Crippen LogP contribution in [-0.2, 0) is 6.61 Å². The smallest absolute Gasteiger partial charge is 0.251 e. The highest BCUT2D eigenvalue weighted by atomic mass is 32.1. The molecule has 0 saturated carbocycles. The van der Waals surface area contributed by atoms with Crippen molar-refractivity contribution in [1.82, 2.24) is 10.3 Å². The first kappa shape index (κ1) is 18.1. The first-order valence-electron chi connectivity index (χ1n) is 8.53. The normalized spacial score (nSPS) is 11.8. The highest BCUT2D eigenvalue weighted by molar-refractivity contribution is 7.09. The molecule has 0 radical (unpaired) electrons.